The number of carbonyl (C=O) groups excluding carboxylic acids is 3. The molecule has 1 atom stereocenters. The van der Waals surface area contributed by atoms with E-state index in [1.54, 1.807) is 24.3 Å². The molecule has 190 valence electrons. The third kappa shape index (κ3) is 6.34. The number of hydrogen-bond acceptors (Lipinski definition) is 7. The van der Waals surface area contributed by atoms with Gasteiger partial charge in [0.2, 0.25) is 0 Å². The van der Waals surface area contributed by atoms with E-state index in [9.17, 15) is 19.2 Å². The predicted molar refractivity (Wildman–Crippen MR) is 128 cm³/mol. The number of nitrogens with two attached hydrogens (primary N) is 1. The lowest BCUT2D eigenvalue weighted by Crippen LogP contribution is -2.61. The summed E-state index contributed by atoms with van der Waals surface area (Å²) in [7, 11) is 1.46. The number of aliphatic carboxylic acids is 2. The molecule has 36 heavy (non-hydrogen) atoms. The summed E-state index contributed by atoms with van der Waals surface area (Å²) in [5.41, 5.74) is 4.97. The van der Waals surface area contributed by atoms with Crippen molar-refractivity contribution in [2.24, 2.45) is 5.73 Å². The van der Waals surface area contributed by atoms with E-state index in [0.29, 0.717) is 22.5 Å². The maximum atomic E-state index is 12.7. The second-order valence-corrected chi connectivity index (χ2v) is 7.72. The molecule has 1 aliphatic rings. The van der Waals surface area contributed by atoms with Gasteiger partial charge in [0.05, 0.1) is 5.69 Å². The van der Waals surface area contributed by atoms with E-state index in [0.717, 1.165) is 6.92 Å². The standard InChI is InChI=1S/C21H21N5O6.C2H4O2/c1-21(19(30)24-10-16(27)28)20(31)26(2)14-8-7-13(9-15(14)32-21)25-18(29)12-5-3-11(4-6-12)17(22)23;1-2(3)4/h3-9H,10H2,1-2H3,(H3,22,23)(H,24,30)(H,25,29)(H,27,28);1H3,(H,3,4). The van der Waals surface area contributed by atoms with Crippen molar-refractivity contribution in [3.05, 3.63) is 53.6 Å². The minimum Gasteiger partial charge on any atom is -0.481 e. The average Bonchev–Trinajstić information content (AvgIpc) is 2.80. The van der Waals surface area contributed by atoms with Crippen LogP contribution in [0.2, 0.25) is 0 Å². The lowest BCUT2D eigenvalue weighted by atomic mass is 10.00. The van der Waals surface area contributed by atoms with Gasteiger partial charge in [-0.05, 0) is 31.2 Å². The second-order valence-electron chi connectivity index (χ2n) is 7.72. The first kappa shape index (κ1) is 27.3. The molecule has 1 heterocycles. The third-order valence-corrected chi connectivity index (χ3v) is 4.90. The van der Waals surface area contributed by atoms with E-state index in [4.69, 9.17) is 30.9 Å². The maximum absolute atomic E-state index is 12.7. The molecule has 0 saturated carbocycles. The van der Waals surface area contributed by atoms with Crippen LogP contribution >= 0.6 is 0 Å². The zero-order valence-corrected chi connectivity index (χ0v) is 19.6. The Morgan fingerprint density at radius 2 is 1.64 bits per heavy atom. The Labute approximate surface area is 205 Å². The Hall–Kier alpha value is -4.94. The van der Waals surface area contributed by atoms with Crippen LogP contribution < -0.4 is 26.0 Å². The minimum atomic E-state index is -1.98. The Kier molecular flexibility index (Phi) is 8.34. The Bertz CT molecular complexity index is 1220. The molecule has 3 amide bonds. The average molecular weight is 499 g/mol. The molecular weight excluding hydrogens is 474 g/mol. The number of fused-ring (bicyclic) bond motifs is 1. The number of carbonyl (C=O) groups is 5. The summed E-state index contributed by atoms with van der Waals surface area (Å²) in [4.78, 5) is 58.7. The number of amidine groups is 1. The van der Waals surface area contributed by atoms with Crippen molar-refractivity contribution in [2.75, 3.05) is 23.8 Å². The fourth-order valence-electron chi connectivity index (χ4n) is 3.12. The molecular formula is C23H25N5O8. The molecule has 0 aromatic heterocycles. The summed E-state index contributed by atoms with van der Waals surface area (Å²) in [5, 5.41) is 28.4. The van der Waals surface area contributed by atoms with E-state index in [-0.39, 0.29) is 11.6 Å². The van der Waals surface area contributed by atoms with E-state index < -0.39 is 41.8 Å². The van der Waals surface area contributed by atoms with Crippen LogP contribution in [0.1, 0.15) is 29.8 Å². The summed E-state index contributed by atoms with van der Waals surface area (Å²) in [5.74, 6) is -4.05. The van der Waals surface area contributed by atoms with Crippen LogP contribution in [0.3, 0.4) is 0 Å². The molecule has 0 saturated heterocycles. The van der Waals surface area contributed by atoms with E-state index in [1.807, 2.05) is 0 Å². The number of rotatable bonds is 6. The van der Waals surface area contributed by atoms with Crippen molar-refractivity contribution in [1.29, 1.82) is 5.41 Å². The van der Waals surface area contributed by atoms with Crippen molar-refractivity contribution in [2.45, 2.75) is 19.4 Å². The molecule has 0 bridgehead atoms. The maximum Gasteiger partial charge on any atom is 0.322 e. The zero-order valence-electron chi connectivity index (χ0n) is 19.6. The van der Waals surface area contributed by atoms with Gasteiger partial charge in [-0.3, -0.25) is 29.4 Å². The van der Waals surface area contributed by atoms with Crippen LogP contribution in [-0.2, 0) is 19.2 Å². The van der Waals surface area contributed by atoms with Crippen molar-refractivity contribution >= 4 is 46.9 Å². The molecule has 0 aliphatic carbocycles. The summed E-state index contributed by atoms with van der Waals surface area (Å²) in [6.45, 7) is 1.66. The second kappa shape index (κ2) is 11.0. The molecule has 13 heteroatoms. The number of nitrogens with zero attached hydrogens (tertiary/aromatic N) is 1. The Morgan fingerprint density at radius 3 is 2.17 bits per heavy atom. The Balaban J connectivity index is 0.00000106. The van der Waals surface area contributed by atoms with E-state index in [2.05, 4.69) is 10.6 Å². The van der Waals surface area contributed by atoms with Crippen LogP contribution in [0.5, 0.6) is 5.75 Å². The highest BCUT2D eigenvalue weighted by Crippen LogP contribution is 2.39. The van der Waals surface area contributed by atoms with Crippen molar-refractivity contribution in [3.8, 4) is 5.75 Å². The molecule has 0 radical (unpaired) electrons. The number of ether oxygens (including phenoxy) is 1. The minimum absolute atomic E-state index is 0.113. The largest absolute Gasteiger partial charge is 0.481 e. The van der Waals surface area contributed by atoms with Crippen molar-refractivity contribution in [1.82, 2.24) is 5.32 Å². The molecule has 2 aromatic rings. The van der Waals surface area contributed by atoms with Crippen molar-refractivity contribution < 1.29 is 38.9 Å². The van der Waals surface area contributed by atoms with Gasteiger partial charge in [-0.15, -0.1) is 0 Å². The summed E-state index contributed by atoms with van der Waals surface area (Å²) >= 11 is 0. The number of nitrogens with one attached hydrogen (secondary N) is 3. The first-order chi connectivity index (χ1) is 16.8. The highest BCUT2D eigenvalue weighted by Gasteiger charge is 2.49. The molecule has 1 aliphatic heterocycles. The summed E-state index contributed by atoms with van der Waals surface area (Å²) in [6, 6.07) is 10.7. The molecule has 7 N–H and O–H groups in total. The van der Waals surface area contributed by atoms with Gasteiger partial charge < -0.3 is 36.2 Å². The highest BCUT2D eigenvalue weighted by atomic mass is 16.5. The number of amides is 3. The van der Waals surface area contributed by atoms with Gasteiger partial charge in [-0.1, -0.05) is 12.1 Å². The predicted octanol–water partition coefficient (Wildman–Crippen LogP) is 0.629. The number of carboxylic acid groups (broad SMARTS) is 2. The Morgan fingerprint density at radius 1 is 1.08 bits per heavy atom. The molecule has 0 spiro atoms. The topological polar surface area (TPSA) is 212 Å². The van der Waals surface area contributed by atoms with Crippen LogP contribution in [-0.4, -0.2) is 64.9 Å². The van der Waals surface area contributed by atoms with Gasteiger partial charge in [-0.25, -0.2) is 0 Å². The molecule has 2 aromatic carbocycles. The number of hydrogen-bond donors (Lipinski definition) is 6. The molecule has 13 nitrogen and oxygen atoms in total. The summed E-state index contributed by atoms with van der Waals surface area (Å²) in [6.07, 6.45) is 0. The van der Waals surface area contributed by atoms with Crippen molar-refractivity contribution in [3.63, 3.8) is 0 Å². The normalized spacial score (nSPS) is 15.9. The fraction of sp³-hybridized carbons (Fsp3) is 0.217. The smallest absolute Gasteiger partial charge is 0.322 e. The first-order valence-electron chi connectivity index (χ1n) is 10.3. The zero-order chi connectivity index (χ0) is 27.2. The lowest BCUT2D eigenvalue weighted by Gasteiger charge is -2.37. The number of anilines is 2. The number of carboxylic acids is 2. The van der Waals surface area contributed by atoms with Gasteiger partial charge in [0.1, 0.15) is 18.1 Å². The monoisotopic (exact) mass is 499 g/mol. The SMILES string of the molecule is CC(=O)O.CN1C(=O)C(C)(C(=O)NCC(=O)O)Oc2cc(NC(=O)c3ccc(C(=N)N)cc3)ccc21. The van der Waals surface area contributed by atoms with E-state index in [1.165, 1.54) is 37.1 Å². The highest BCUT2D eigenvalue weighted by molar-refractivity contribution is 6.16. The molecule has 3 rings (SSSR count). The van der Waals surface area contributed by atoms with Gasteiger partial charge >= 0.3 is 5.97 Å². The quantitative estimate of drug-likeness (QED) is 0.186. The summed E-state index contributed by atoms with van der Waals surface area (Å²) < 4.78 is 5.68. The number of likely N-dealkylation sites (N-methyl/N-ethyl adjacent to an activating group) is 1. The first-order valence-corrected chi connectivity index (χ1v) is 10.3. The van der Waals surface area contributed by atoms with Crippen LogP contribution in [0, 0.1) is 5.41 Å². The third-order valence-electron chi connectivity index (χ3n) is 4.90. The number of nitrogen functional groups attached to an aromatic ring is 1. The van der Waals surface area contributed by atoms with Crippen LogP contribution in [0.15, 0.2) is 42.5 Å². The van der Waals surface area contributed by atoms with Gasteiger partial charge in [0.25, 0.3) is 29.3 Å². The molecule has 1 unspecified atom stereocenters. The number of benzene rings is 2. The van der Waals surface area contributed by atoms with Gasteiger partial charge in [0.15, 0.2) is 0 Å². The molecule has 0 fully saturated rings. The van der Waals surface area contributed by atoms with Gasteiger partial charge in [0, 0.05) is 36.9 Å². The lowest BCUT2D eigenvalue weighted by molar-refractivity contribution is -0.150. The van der Waals surface area contributed by atoms with Gasteiger partial charge in [-0.2, -0.15) is 0 Å². The fourth-order valence-corrected chi connectivity index (χ4v) is 3.12. The van der Waals surface area contributed by atoms with Crippen LogP contribution in [0.4, 0.5) is 11.4 Å². The van der Waals surface area contributed by atoms with E-state index >= 15 is 0 Å². The van der Waals surface area contributed by atoms with Crippen LogP contribution in [0.25, 0.3) is 0 Å².